The largest absolute Gasteiger partial charge is 0.493 e. The van der Waals surface area contributed by atoms with Gasteiger partial charge in [-0.15, -0.1) is 24.0 Å². The Balaban J connectivity index is 0.00000288. The summed E-state index contributed by atoms with van der Waals surface area (Å²) in [6.45, 7) is 0.883. The number of halogens is 1. The van der Waals surface area contributed by atoms with Crippen LogP contribution in [-0.4, -0.2) is 39.8 Å². The molecule has 0 fully saturated rings. The van der Waals surface area contributed by atoms with Gasteiger partial charge in [-0.25, -0.2) is 0 Å². The lowest BCUT2D eigenvalue weighted by Crippen LogP contribution is -2.42. The van der Waals surface area contributed by atoms with Crippen LogP contribution in [0, 0.1) is 0 Å². The number of hydrogen-bond acceptors (Lipinski definition) is 3. The molecule has 6 heteroatoms. The Morgan fingerprint density at radius 1 is 1.17 bits per heavy atom. The number of ether oxygens (including phenoxy) is 2. The van der Waals surface area contributed by atoms with E-state index in [1.165, 1.54) is 5.56 Å². The standard InChI is InChI=1S/C18H27N3O2.HI/c1-19-18(21-15-8-4-5-9-15)20-12-6-7-14-10-11-16(22-2)17(13-14)23-3;/h4-5,10-11,13,15H,6-9,12H2,1-3H3,(H2,19,20,21);1H. The Morgan fingerprint density at radius 2 is 1.88 bits per heavy atom. The summed E-state index contributed by atoms with van der Waals surface area (Å²) in [7, 11) is 5.13. The number of rotatable bonds is 7. The average molecular weight is 445 g/mol. The van der Waals surface area contributed by atoms with Gasteiger partial charge in [0.05, 0.1) is 14.2 Å². The van der Waals surface area contributed by atoms with Gasteiger partial charge < -0.3 is 20.1 Å². The predicted octanol–water partition coefficient (Wildman–Crippen LogP) is 3.14. The highest BCUT2D eigenvalue weighted by molar-refractivity contribution is 14.0. The van der Waals surface area contributed by atoms with Crippen LogP contribution in [0.1, 0.15) is 24.8 Å². The van der Waals surface area contributed by atoms with Crippen molar-refractivity contribution in [2.75, 3.05) is 27.8 Å². The summed E-state index contributed by atoms with van der Waals surface area (Å²) in [5, 5.41) is 6.81. The lowest BCUT2D eigenvalue weighted by molar-refractivity contribution is 0.354. The zero-order valence-corrected chi connectivity index (χ0v) is 17.0. The highest BCUT2D eigenvalue weighted by Gasteiger charge is 2.11. The Labute approximate surface area is 161 Å². The number of nitrogens with one attached hydrogen (secondary N) is 2. The lowest BCUT2D eigenvalue weighted by Gasteiger charge is -2.17. The second-order valence-electron chi connectivity index (χ2n) is 5.58. The van der Waals surface area contributed by atoms with E-state index in [0.29, 0.717) is 6.04 Å². The Kier molecular flexibility index (Phi) is 9.59. The summed E-state index contributed by atoms with van der Waals surface area (Å²) < 4.78 is 10.6. The number of hydrogen-bond donors (Lipinski definition) is 2. The average Bonchev–Trinajstić information content (AvgIpc) is 3.10. The van der Waals surface area contributed by atoms with Crippen LogP contribution >= 0.6 is 24.0 Å². The molecule has 0 saturated carbocycles. The quantitative estimate of drug-likeness (QED) is 0.223. The smallest absolute Gasteiger partial charge is 0.191 e. The molecule has 1 aromatic rings. The van der Waals surface area contributed by atoms with Gasteiger partial charge in [0.15, 0.2) is 17.5 Å². The molecule has 1 aliphatic carbocycles. The molecule has 0 amide bonds. The number of guanidine groups is 1. The van der Waals surface area contributed by atoms with Crippen molar-refractivity contribution in [3.63, 3.8) is 0 Å². The minimum atomic E-state index is 0. The number of nitrogens with zero attached hydrogens (tertiary/aromatic N) is 1. The fourth-order valence-corrected chi connectivity index (χ4v) is 2.66. The second kappa shape index (κ2) is 11.2. The molecule has 0 bridgehead atoms. The Hall–Kier alpha value is -1.44. The van der Waals surface area contributed by atoms with E-state index < -0.39 is 0 Å². The number of benzene rings is 1. The van der Waals surface area contributed by atoms with Gasteiger partial charge in [-0.3, -0.25) is 4.99 Å². The molecule has 0 aliphatic heterocycles. The maximum atomic E-state index is 5.34. The van der Waals surface area contributed by atoms with Gasteiger partial charge in [0.25, 0.3) is 0 Å². The van der Waals surface area contributed by atoms with Gasteiger partial charge in [0, 0.05) is 19.6 Å². The van der Waals surface area contributed by atoms with Gasteiger partial charge in [-0.05, 0) is 43.4 Å². The number of aryl methyl sites for hydroxylation is 1. The molecule has 2 rings (SSSR count). The van der Waals surface area contributed by atoms with E-state index in [1.54, 1.807) is 14.2 Å². The van der Waals surface area contributed by atoms with Crippen LogP contribution in [0.2, 0.25) is 0 Å². The van der Waals surface area contributed by atoms with Crippen molar-refractivity contribution < 1.29 is 9.47 Å². The van der Waals surface area contributed by atoms with E-state index in [9.17, 15) is 0 Å². The SMILES string of the molecule is CN=C(NCCCc1ccc(OC)c(OC)c1)NC1CC=CC1.I. The third-order valence-electron chi connectivity index (χ3n) is 3.95. The van der Waals surface area contributed by atoms with E-state index in [4.69, 9.17) is 9.47 Å². The molecular weight excluding hydrogens is 417 g/mol. The Morgan fingerprint density at radius 3 is 2.50 bits per heavy atom. The van der Waals surface area contributed by atoms with Crippen molar-refractivity contribution in [1.29, 1.82) is 0 Å². The van der Waals surface area contributed by atoms with Crippen LogP contribution in [0.25, 0.3) is 0 Å². The van der Waals surface area contributed by atoms with Gasteiger partial charge in [-0.1, -0.05) is 18.2 Å². The van der Waals surface area contributed by atoms with Crippen LogP contribution in [0.5, 0.6) is 11.5 Å². The molecule has 2 N–H and O–H groups in total. The Bertz CT molecular complexity index is 553. The van der Waals surface area contributed by atoms with Gasteiger partial charge >= 0.3 is 0 Å². The molecule has 24 heavy (non-hydrogen) atoms. The summed E-state index contributed by atoms with van der Waals surface area (Å²) in [6, 6.07) is 6.55. The maximum absolute atomic E-state index is 5.34. The van der Waals surface area contributed by atoms with Gasteiger partial charge in [0.1, 0.15) is 0 Å². The van der Waals surface area contributed by atoms with Crippen molar-refractivity contribution in [2.24, 2.45) is 4.99 Å². The van der Waals surface area contributed by atoms with E-state index >= 15 is 0 Å². The summed E-state index contributed by atoms with van der Waals surface area (Å²) in [5.41, 5.74) is 1.24. The molecule has 0 spiro atoms. The van der Waals surface area contributed by atoms with Crippen molar-refractivity contribution in [2.45, 2.75) is 31.7 Å². The fourth-order valence-electron chi connectivity index (χ4n) is 2.66. The van der Waals surface area contributed by atoms with E-state index in [0.717, 1.165) is 49.7 Å². The van der Waals surface area contributed by atoms with Crippen LogP contribution in [-0.2, 0) is 6.42 Å². The van der Waals surface area contributed by atoms with Crippen LogP contribution in [0.3, 0.4) is 0 Å². The second-order valence-corrected chi connectivity index (χ2v) is 5.58. The summed E-state index contributed by atoms with van der Waals surface area (Å²) in [4.78, 5) is 4.28. The van der Waals surface area contributed by atoms with Crippen LogP contribution < -0.4 is 20.1 Å². The summed E-state index contributed by atoms with van der Waals surface area (Å²) in [5.74, 6) is 2.43. The minimum absolute atomic E-state index is 0. The molecule has 0 radical (unpaired) electrons. The first-order valence-corrected chi connectivity index (χ1v) is 8.10. The van der Waals surface area contributed by atoms with Crippen molar-refractivity contribution in [3.8, 4) is 11.5 Å². The molecule has 0 unspecified atom stereocenters. The highest BCUT2D eigenvalue weighted by Crippen LogP contribution is 2.27. The van der Waals surface area contributed by atoms with Gasteiger partial charge in [-0.2, -0.15) is 0 Å². The minimum Gasteiger partial charge on any atom is -0.493 e. The van der Waals surface area contributed by atoms with Crippen molar-refractivity contribution >= 4 is 29.9 Å². The van der Waals surface area contributed by atoms with E-state index in [1.807, 2.05) is 19.2 Å². The van der Waals surface area contributed by atoms with E-state index in [2.05, 4.69) is 33.8 Å². The molecule has 0 aromatic heterocycles. The fraction of sp³-hybridized carbons (Fsp3) is 0.500. The molecule has 1 aromatic carbocycles. The van der Waals surface area contributed by atoms with Crippen molar-refractivity contribution in [3.05, 3.63) is 35.9 Å². The molecule has 5 nitrogen and oxygen atoms in total. The summed E-state index contributed by atoms with van der Waals surface area (Å²) in [6.07, 6.45) is 8.58. The normalized spacial score (nSPS) is 14.2. The monoisotopic (exact) mass is 445 g/mol. The third-order valence-corrected chi connectivity index (χ3v) is 3.95. The first-order chi connectivity index (χ1) is 11.3. The predicted molar refractivity (Wildman–Crippen MR) is 110 cm³/mol. The summed E-state index contributed by atoms with van der Waals surface area (Å²) >= 11 is 0. The van der Waals surface area contributed by atoms with Gasteiger partial charge in [0.2, 0.25) is 0 Å². The highest BCUT2D eigenvalue weighted by atomic mass is 127. The number of aliphatic imine (C=N–C) groups is 1. The lowest BCUT2D eigenvalue weighted by atomic mass is 10.1. The molecule has 0 saturated heterocycles. The topological polar surface area (TPSA) is 54.9 Å². The molecule has 134 valence electrons. The first-order valence-electron chi connectivity index (χ1n) is 8.10. The first kappa shape index (κ1) is 20.6. The number of methoxy groups -OCH3 is 2. The third kappa shape index (κ3) is 6.22. The van der Waals surface area contributed by atoms with Crippen LogP contribution in [0.4, 0.5) is 0 Å². The van der Waals surface area contributed by atoms with Crippen LogP contribution in [0.15, 0.2) is 35.3 Å². The van der Waals surface area contributed by atoms with Crippen molar-refractivity contribution in [1.82, 2.24) is 10.6 Å². The molecule has 1 aliphatic rings. The van der Waals surface area contributed by atoms with E-state index in [-0.39, 0.29) is 24.0 Å². The molecule has 0 heterocycles. The zero-order valence-electron chi connectivity index (χ0n) is 14.7. The zero-order chi connectivity index (χ0) is 16.5. The molecule has 0 atom stereocenters. The molecular formula is C18H28IN3O2. The maximum Gasteiger partial charge on any atom is 0.191 e.